The van der Waals surface area contributed by atoms with E-state index >= 15 is 0 Å². The van der Waals surface area contributed by atoms with Crippen molar-refractivity contribution < 1.29 is 0 Å². The third-order valence-corrected chi connectivity index (χ3v) is 0.729. The second kappa shape index (κ2) is 4.24. The van der Waals surface area contributed by atoms with Crippen LogP contribution >= 0.6 is 0 Å². The van der Waals surface area contributed by atoms with Crippen LogP contribution in [0.15, 0.2) is 29.9 Å². The fourth-order valence-corrected chi connectivity index (χ4v) is 0.282. The summed E-state index contributed by atoms with van der Waals surface area (Å²) in [5.74, 6) is 0. The van der Waals surface area contributed by atoms with E-state index < -0.39 is 0 Å². The molecule has 0 aliphatic rings. The van der Waals surface area contributed by atoms with Crippen molar-refractivity contribution in [3.8, 4) is 0 Å². The predicted molar refractivity (Wildman–Crippen MR) is 33.9 cm³/mol. The maximum atomic E-state index is 6.53. The molecule has 0 aliphatic heterocycles. The van der Waals surface area contributed by atoms with Crippen molar-refractivity contribution in [2.45, 2.75) is 13.0 Å². The number of hydrogen-bond acceptors (Lipinski definition) is 2. The summed E-state index contributed by atoms with van der Waals surface area (Å²) in [6.45, 7) is 5.32. The molecule has 0 saturated heterocycles. The molecular formula is C6H10N2. The third-order valence-electron chi connectivity index (χ3n) is 0.729. The van der Waals surface area contributed by atoms with E-state index in [4.69, 9.17) is 5.53 Å². The molecule has 0 saturated carbocycles. The Morgan fingerprint density at radius 2 is 2.38 bits per heavy atom. The molecule has 0 bridgehead atoms. The minimum Gasteiger partial charge on any atom is -0.209 e. The zero-order valence-electron chi connectivity index (χ0n) is 4.96. The van der Waals surface area contributed by atoms with Crippen molar-refractivity contribution in [3.63, 3.8) is 0 Å². The molecule has 0 aliphatic carbocycles. The van der Waals surface area contributed by atoms with Gasteiger partial charge in [0, 0.05) is 0 Å². The number of rotatable bonds is 3. The van der Waals surface area contributed by atoms with E-state index in [1.54, 1.807) is 18.2 Å². The van der Waals surface area contributed by atoms with Gasteiger partial charge < -0.3 is 0 Å². The van der Waals surface area contributed by atoms with Crippen molar-refractivity contribution in [2.75, 3.05) is 0 Å². The molecule has 1 unspecified atom stereocenters. The summed E-state index contributed by atoms with van der Waals surface area (Å²) in [6, 6.07) is -0.00648. The van der Waals surface area contributed by atoms with Crippen LogP contribution in [0.5, 0.6) is 0 Å². The Morgan fingerprint density at radius 1 is 1.75 bits per heavy atom. The average Bonchev–Trinajstić information content (AvgIpc) is 1.83. The average molecular weight is 110 g/mol. The summed E-state index contributed by atoms with van der Waals surface area (Å²) in [5, 5.41) is 3.24. The molecular weight excluding hydrogens is 100 g/mol. The lowest BCUT2D eigenvalue weighted by molar-refractivity contribution is 0.815. The van der Waals surface area contributed by atoms with E-state index in [0.29, 0.717) is 0 Å². The van der Waals surface area contributed by atoms with Gasteiger partial charge in [-0.15, -0.1) is 0 Å². The first-order valence-corrected chi connectivity index (χ1v) is 2.47. The highest BCUT2D eigenvalue weighted by Gasteiger charge is 1.84. The number of nitrogens with zero attached hydrogens (tertiary/aromatic N) is 1. The third kappa shape index (κ3) is 3.28. The van der Waals surface area contributed by atoms with Crippen LogP contribution in [-0.4, -0.2) is 6.04 Å². The van der Waals surface area contributed by atoms with Crippen molar-refractivity contribution in [1.82, 2.24) is 0 Å². The Morgan fingerprint density at radius 3 is 2.75 bits per heavy atom. The molecule has 2 nitrogen and oxygen atoms in total. The monoisotopic (exact) mass is 110 g/mol. The Balaban J connectivity index is 3.50. The molecule has 1 N–H and O–H groups in total. The van der Waals surface area contributed by atoms with Gasteiger partial charge in [-0.3, -0.25) is 0 Å². The fraction of sp³-hybridized carbons (Fsp3) is 0.333. The molecule has 0 rings (SSSR count). The highest BCUT2D eigenvalue weighted by Crippen LogP contribution is 1.88. The van der Waals surface area contributed by atoms with Crippen LogP contribution in [0, 0.1) is 5.53 Å². The topological polar surface area (TPSA) is 36.2 Å². The zero-order valence-corrected chi connectivity index (χ0v) is 4.96. The van der Waals surface area contributed by atoms with Crippen LogP contribution < -0.4 is 0 Å². The largest absolute Gasteiger partial charge is 0.209 e. The van der Waals surface area contributed by atoms with E-state index in [1.807, 2.05) is 6.92 Å². The highest BCUT2D eigenvalue weighted by molar-refractivity contribution is 5.01. The first kappa shape index (κ1) is 7.08. The summed E-state index contributed by atoms with van der Waals surface area (Å²) in [6.07, 6.45) is 5.25. The van der Waals surface area contributed by atoms with Crippen molar-refractivity contribution in [2.24, 2.45) is 5.11 Å². The molecule has 44 valence electrons. The van der Waals surface area contributed by atoms with Crippen LogP contribution in [0.4, 0.5) is 0 Å². The normalized spacial score (nSPS) is 13.6. The van der Waals surface area contributed by atoms with Gasteiger partial charge in [0.05, 0.1) is 6.04 Å². The maximum absolute atomic E-state index is 6.53. The second-order valence-electron chi connectivity index (χ2n) is 1.49. The van der Waals surface area contributed by atoms with Gasteiger partial charge >= 0.3 is 0 Å². The van der Waals surface area contributed by atoms with Crippen LogP contribution in [0.2, 0.25) is 0 Å². The Kier molecular flexibility index (Phi) is 3.76. The molecule has 1 atom stereocenters. The number of allylic oxidation sites excluding steroid dienone is 2. The molecule has 2 heteroatoms. The Bertz CT molecular complexity index is 105. The molecule has 8 heavy (non-hydrogen) atoms. The van der Waals surface area contributed by atoms with E-state index in [-0.39, 0.29) is 6.04 Å². The Hall–Kier alpha value is -0.920. The molecule has 0 fully saturated rings. The Labute approximate surface area is 49.4 Å². The summed E-state index contributed by atoms with van der Waals surface area (Å²) in [7, 11) is 0. The van der Waals surface area contributed by atoms with E-state index in [9.17, 15) is 0 Å². The van der Waals surface area contributed by atoms with E-state index in [2.05, 4.69) is 11.7 Å². The van der Waals surface area contributed by atoms with E-state index in [1.165, 1.54) is 0 Å². The van der Waals surface area contributed by atoms with Gasteiger partial charge in [0.1, 0.15) is 0 Å². The zero-order chi connectivity index (χ0) is 6.41. The molecule has 0 aromatic heterocycles. The van der Waals surface area contributed by atoms with E-state index in [0.717, 1.165) is 0 Å². The quantitative estimate of drug-likeness (QED) is 0.427. The van der Waals surface area contributed by atoms with Gasteiger partial charge in [0.15, 0.2) is 0 Å². The van der Waals surface area contributed by atoms with Crippen LogP contribution in [0.25, 0.3) is 0 Å². The predicted octanol–water partition coefficient (Wildman–Crippen LogP) is 2.15. The molecule has 0 radical (unpaired) electrons. The minimum absolute atomic E-state index is 0.00648. The summed E-state index contributed by atoms with van der Waals surface area (Å²) in [5.41, 5.74) is 6.53. The van der Waals surface area contributed by atoms with Crippen LogP contribution in [0.3, 0.4) is 0 Å². The molecule has 0 aromatic carbocycles. The standard InChI is InChI=1S/C6H10N2/c1-3-4-5-6(2)8-7/h3-7H,1H2,2H3/b5-4-,8-7?. The highest BCUT2D eigenvalue weighted by atomic mass is 15.0. The van der Waals surface area contributed by atoms with Crippen molar-refractivity contribution in [3.05, 3.63) is 24.8 Å². The van der Waals surface area contributed by atoms with Gasteiger partial charge in [-0.2, -0.15) is 5.11 Å². The van der Waals surface area contributed by atoms with Gasteiger partial charge in [-0.25, -0.2) is 5.53 Å². The van der Waals surface area contributed by atoms with Gasteiger partial charge in [-0.05, 0) is 6.92 Å². The summed E-state index contributed by atoms with van der Waals surface area (Å²) < 4.78 is 0. The molecule has 0 spiro atoms. The number of hydrogen-bond donors (Lipinski definition) is 1. The molecule has 0 amide bonds. The smallest absolute Gasteiger partial charge is 0.0861 e. The van der Waals surface area contributed by atoms with Crippen LogP contribution in [0.1, 0.15) is 6.92 Å². The first-order valence-electron chi connectivity index (χ1n) is 2.47. The van der Waals surface area contributed by atoms with Gasteiger partial charge in [0.25, 0.3) is 0 Å². The lowest BCUT2D eigenvalue weighted by atomic mass is 10.3. The number of nitrogens with one attached hydrogen (secondary N) is 1. The van der Waals surface area contributed by atoms with Gasteiger partial charge in [0.2, 0.25) is 0 Å². The summed E-state index contributed by atoms with van der Waals surface area (Å²) in [4.78, 5) is 0. The first-order chi connectivity index (χ1) is 3.81. The van der Waals surface area contributed by atoms with Gasteiger partial charge in [-0.1, -0.05) is 24.8 Å². The minimum atomic E-state index is -0.00648. The lowest BCUT2D eigenvalue weighted by Crippen LogP contribution is -1.86. The molecule has 0 heterocycles. The maximum Gasteiger partial charge on any atom is 0.0861 e. The second-order valence-corrected chi connectivity index (χ2v) is 1.49. The summed E-state index contributed by atoms with van der Waals surface area (Å²) >= 11 is 0. The SMILES string of the molecule is C=C/C=C\C(C)N=N. The fourth-order valence-electron chi connectivity index (χ4n) is 0.282. The lowest BCUT2D eigenvalue weighted by Gasteiger charge is -1.88. The van der Waals surface area contributed by atoms with Crippen molar-refractivity contribution >= 4 is 0 Å². The van der Waals surface area contributed by atoms with Crippen LogP contribution in [-0.2, 0) is 0 Å². The molecule has 0 aromatic rings. The van der Waals surface area contributed by atoms with Crippen molar-refractivity contribution in [1.29, 1.82) is 5.53 Å².